The van der Waals surface area contributed by atoms with Crippen LogP contribution in [0.25, 0.3) is 6.08 Å². The highest BCUT2D eigenvalue weighted by Gasteiger charge is 1.98. The van der Waals surface area contributed by atoms with Gasteiger partial charge in [0.15, 0.2) is 0 Å². The summed E-state index contributed by atoms with van der Waals surface area (Å²) >= 11 is 0. The van der Waals surface area contributed by atoms with Crippen LogP contribution in [0.3, 0.4) is 0 Å². The molecule has 0 aliphatic heterocycles. The Morgan fingerprint density at radius 3 is 2.53 bits per heavy atom. The zero-order valence-electron chi connectivity index (χ0n) is 10.8. The van der Waals surface area contributed by atoms with Crippen molar-refractivity contribution in [2.24, 2.45) is 0 Å². The normalized spacial score (nSPS) is 12.4. The number of benzene rings is 1. The van der Waals surface area contributed by atoms with Gasteiger partial charge in [-0.15, -0.1) is 0 Å². The van der Waals surface area contributed by atoms with Gasteiger partial charge in [0.1, 0.15) is 0 Å². The number of hydrogen-bond donors (Lipinski definition) is 0. The van der Waals surface area contributed by atoms with Crippen LogP contribution >= 0.6 is 0 Å². The molecule has 0 aliphatic rings. The van der Waals surface area contributed by atoms with Crippen molar-refractivity contribution < 1.29 is 9.47 Å². The summed E-state index contributed by atoms with van der Waals surface area (Å²) in [7, 11) is 0. The van der Waals surface area contributed by atoms with Crippen LogP contribution in [-0.4, -0.2) is 19.3 Å². The van der Waals surface area contributed by atoms with Crippen molar-refractivity contribution in [3.8, 4) is 0 Å². The van der Waals surface area contributed by atoms with Crippen LogP contribution in [0.1, 0.15) is 31.4 Å². The average Bonchev–Trinajstić information content (AvgIpc) is 2.38. The average molecular weight is 234 g/mol. The number of hydrogen-bond acceptors (Lipinski definition) is 2. The van der Waals surface area contributed by atoms with Crippen molar-refractivity contribution in [3.05, 3.63) is 42.0 Å². The van der Waals surface area contributed by atoms with E-state index >= 15 is 0 Å². The second-order valence-electron chi connectivity index (χ2n) is 4.09. The standard InChI is InChI=1S/C15H22O2/c1-4-13(3)17-11-10-16-12-15-8-6-14(5-2)7-9-15/h5-9,13H,2,4,10-12H2,1,3H3. The third-order valence-electron chi connectivity index (χ3n) is 2.69. The maximum Gasteiger partial charge on any atom is 0.0718 e. The fourth-order valence-electron chi connectivity index (χ4n) is 1.37. The predicted octanol–water partition coefficient (Wildman–Crippen LogP) is 3.66. The topological polar surface area (TPSA) is 18.5 Å². The molecule has 0 heterocycles. The summed E-state index contributed by atoms with van der Waals surface area (Å²) in [6, 6.07) is 8.21. The van der Waals surface area contributed by atoms with E-state index < -0.39 is 0 Å². The number of ether oxygens (including phenoxy) is 2. The lowest BCUT2D eigenvalue weighted by Crippen LogP contribution is -2.11. The van der Waals surface area contributed by atoms with Gasteiger partial charge in [-0.2, -0.15) is 0 Å². The molecule has 1 rings (SSSR count). The quantitative estimate of drug-likeness (QED) is 0.639. The van der Waals surface area contributed by atoms with Gasteiger partial charge in [-0.05, 0) is 24.5 Å². The van der Waals surface area contributed by atoms with Gasteiger partial charge >= 0.3 is 0 Å². The molecule has 0 saturated heterocycles. The summed E-state index contributed by atoms with van der Waals surface area (Å²) in [5.41, 5.74) is 2.31. The maximum absolute atomic E-state index is 5.54. The van der Waals surface area contributed by atoms with Gasteiger partial charge in [0.05, 0.1) is 25.9 Å². The summed E-state index contributed by atoms with van der Waals surface area (Å²) in [4.78, 5) is 0. The molecule has 0 aromatic heterocycles. The van der Waals surface area contributed by atoms with E-state index in [9.17, 15) is 0 Å². The predicted molar refractivity (Wildman–Crippen MR) is 71.9 cm³/mol. The highest BCUT2D eigenvalue weighted by Crippen LogP contribution is 2.06. The van der Waals surface area contributed by atoms with Crippen LogP contribution in [0, 0.1) is 0 Å². The summed E-state index contributed by atoms with van der Waals surface area (Å²) < 4.78 is 11.1. The van der Waals surface area contributed by atoms with E-state index in [2.05, 4.69) is 32.6 Å². The molecular formula is C15H22O2. The van der Waals surface area contributed by atoms with E-state index in [0.717, 1.165) is 12.0 Å². The van der Waals surface area contributed by atoms with Gasteiger partial charge in [0, 0.05) is 0 Å². The molecule has 1 aromatic carbocycles. The number of rotatable bonds is 8. The minimum atomic E-state index is 0.325. The molecular weight excluding hydrogens is 212 g/mol. The van der Waals surface area contributed by atoms with Crippen molar-refractivity contribution in [3.63, 3.8) is 0 Å². The van der Waals surface area contributed by atoms with Crippen LogP contribution in [0.4, 0.5) is 0 Å². The first-order valence-electron chi connectivity index (χ1n) is 6.17. The van der Waals surface area contributed by atoms with Gasteiger partial charge in [0.25, 0.3) is 0 Å². The van der Waals surface area contributed by atoms with E-state index in [0.29, 0.717) is 25.9 Å². The highest BCUT2D eigenvalue weighted by molar-refractivity contribution is 5.47. The molecule has 0 fully saturated rings. The SMILES string of the molecule is C=Cc1ccc(COCCOC(C)CC)cc1. The van der Waals surface area contributed by atoms with Crippen LogP contribution < -0.4 is 0 Å². The molecule has 0 amide bonds. The molecule has 0 aliphatic carbocycles. The molecule has 0 spiro atoms. The molecule has 94 valence electrons. The molecule has 2 nitrogen and oxygen atoms in total. The van der Waals surface area contributed by atoms with Crippen LogP contribution in [-0.2, 0) is 16.1 Å². The lowest BCUT2D eigenvalue weighted by atomic mass is 10.1. The van der Waals surface area contributed by atoms with Gasteiger partial charge in [-0.1, -0.05) is 43.8 Å². The lowest BCUT2D eigenvalue weighted by molar-refractivity contribution is 0.00633. The van der Waals surface area contributed by atoms with Crippen molar-refractivity contribution in [2.45, 2.75) is 33.0 Å². The zero-order valence-corrected chi connectivity index (χ0v) is 10.8. The molecule has 17 heavy (non-hydrogen) atoms. The third kappa shape index (κ3) is 5.66. The van der Waals surface area contributed by atoms with Gasteiger partial charge in [0.2, 0.25) is 0 Å². The first kappa shape index (κ1) is 13.9. The Morgan fingerprint density at radius 2 is 1.94 bits per heavy atom. The Hall–Kier alpha value is -1.12. The Balaban J connectivity index is 2.15. The second-order valence-corrected chi connectivity index (χ2v) is 4.09. The van der Waals surface area contributed by atoms with Crippen LogP contribution in [0.2, 0.25) is 0 Å². The molecule has 2 heteroatoms. The first-order chi connectivity index (χ1) is 8.26. The fraction of sp³-hybridized carbons (Fsp3) is 0.467. The van der Waals surface area contributed by atoms with Crippen molar-refractivity contribution in [1.29, 1.82) is 0 Å². The second kappa shape index (κ2) is 8.04. The van der Waals surface area contributed by atoms with Gasteiger partial charge in [-0.25, -0.2) is 0 Å². The van der Waals surface area contributed by atoms with E-state index in [-0.39, 0.29) is 0 Å². The van der Waals surface area contributed by atoms with Crippen molar-refractivity contribution >= 4 is 6.08 Å². The van der Waals surface area contributed by atoms with E-state index in [1.54, 1.807) is 0 Å². The monoisotopic (exact) mass is 234 g/mol. The molecule has 1 unspecified atom stereocenters. The lowest BCUT2D eigenvalue weighted by Gasteiger charge is -2.10. The van der Waals surface area contributed by atoms with E-state index in [4.69, 9.17) is 9.47 Å². The summed E-state index contributed by atoms with van der Waals surface area (Å²) in [5.74, 6) is 0. The fourth-order valence-corrected chi connectivity index (χ4v) is 1.37. The van der Waals surface area contributed by atoms with Crippen LogP contribution in [0.15, 0.2) is 30.8 Å². The van der Waals surface area contributed by atoms with E-state index in [1.165, 1.54) is 5.56 Å². The van der Waals surface area contributed by atoms with E-state index in [1.807, 2.05) is 18.2 Å². The third-order valence-corrected chi connectivity index (χ3v) is 2.69. The summed E-state index contributed by atoms with van der Waals surface area (Å²) in [5, 5.41) is 0. The van der Waals surface area contributed by atoms with Gasteiger partial charge in [-0.3, -0.25) is 0 Å². The molecule has 0 bridgehead atoms. The first-order valence-corrected chi connectivity index (χ1v) is 6.17. The Bertz CT molecular complexity index is 316. The Morgan fingerprint density at radius 1 is 1.24 bits per heavy atom. The molecule has 0 saturated carbocycles. The molecule has 1 aromatic rings. The van der Waals surface area contributed by atoms with Crippen LogP contribution in [0.5, 0.6) is 0 Å². The largest absolute Gasteiger partial charge is 0.376 e. The Labute approximate surface area is 104 Å². The zero-order chi connectivity index (χ0) is 12.5. The Kier molecular flexibility index (Phi) is 6.60. The van der Waals surface area contributed by atoms with Crippen molar-refractivity contribution in [1.82, 2.24) is 0 Å². The summed E-state index contributed by atoms with van der Waals surface area (Å²) in [6.07, 6.45) is 3.21. The van der Waals surface area contributed by atoms with Gasteiger partial charge < -0.3 is 9.47 Å². The molecule has 0 N–H and O–H groups in total. The minimum absolute atomic E-state index is 0.325. The summed E-state index contributed by atoms with van der Waals surface area (Å²) in [6.45, 7) is 9.87. The maximum atomic E-state index is 5.54. The molecule has 0 radical (unpaired) electrons. The van der Waals surface area contributed by atoms with Crippen molar-refractivity contribution in [2.75, 3.05) is 13.2 Å². The minimum Gasteiger partial charge on any atom is -0.376 e. The molecule has 1 atom stereocenters. The smallest absolute Gasteiger partial charge is 0.0718 e. The highest BCUT2D eigenvalue weighted by atomic mass is 16.5.